The first kappa shape index (κ1) is 9.54. The van der Waals surface area contributed by atoms with Crippen LogP contribution in [0.15, 0.2) is 0 Å². The Morgan fingerprint density at radius 3 is 2.58 bits per heavy atom. The highest BCUT2D eigenvalue weighted by Crippen LogP contribution is 2.29. The highest BCUT2D eigenvalue weighted by molar-refractivity contribution is 4.97. The van der Waals surface area contributed by atoms with Crippen molar-refractivity contribution in [3.8, 4) is 6.07 Å². The molecular formula is C10H18N2. The van der Waals surface area contributed by atoms with Gasteiger partial charge in [-0.2, -0.15) is 5.26 Å². The summed E-state index contributed by atoms with van der Waals surface area (Å²) < 4.78 is 0. The van der Waals surface area contributed by atoms with Gasteiger partial charge in [0.25, 0.3) is 0 Å². The standard InChI is InChI=1S/C10H18N2/c1-8(2)12(3)10-6-4-5-9(10)7-11/h8-10H,4-6H2,1-3H3. The predicted octanol–water partition coefficient (Wildman–Crippen LogP) is 2.02. The van der Waals surface area contributed by atoms with E-state index in [1.165, 1.54) is 12.8 Å². The highest BCUT2D eigenvalue weighted by atomic mass is 15.2. The fourth-order valence-corrected chi connectivity index (χ4v) is 1.96. The smallest absolute Gasteiger partial charge is 0.0672 e. The van der Waals surface area contributed by atoms with Crippen LogP contribution in [0.4, 0.5) is 0 Å². The van der Waals surface area contributed by atoms with Crippen LogP contribution in [-0.4, -0.2) is 24.0 Å². The normalized spacial score (nSPS) is 29.7. The number of nitriles is 1. The maximum atomic E-state index is 8.89. The number of rotatable bonds is 2. The van der Waals surface area contributed by atoms with Gasteiger partial charge in [0.2, 0.25) is 0 Å². The molecule has 0 saturated heterocycles. The van der Waals surface area contributed by atoms with Crippen LogP contribution >= 0.6 is 0 Å². The second kappa shape index (κ2) is 3.91. The van der Waals surface area contributed by atoms with Crippen molar-refractivity contribution in [1.82, 2.24) is 4.90 Å². The van der Waals surface area contributed by atoms with Crippen molar-refractivity contribution in [1.29, 1.82) is 5.26 Å². The summed E-state index contributed by atoms with van der Waals surface area (Å²) in [5, 5.41) is 8.89. The Kier molecular flexibility index (Phi) is 3.11. The van der Waals surface area contributed by atoms with Gasteiger partial charge in [-0.3, -0.25) is 4.90 Å². The molecule has 0 aromatic heterocycles. The molecule has 0 aliphatic heterocycles. The van der Waals surface area contributed by atoms with Crippen molar-refractivity contribution in [3.63, 3.8) is 0 Å². The summed E-state index contributed by atoms with van der Waals surface area (Å²) in [5.74, 6) is 0.275. The van der Waals surface area contributed by atoms with E-state index in [2.05, 4.69) is 31.9 Å². The summed E-state index contributed by atoms with van der Waals surface area (Å²) in [6, 6.07) is 3.48. The van der Waals surface area contributed by atoms with Crippen molar-refractivity contribution in [2.45, 2.75) is 45.2 Å². The van der Waals surface area contributed by atoms with E-state index in [1.807, 2.05) is 0 Å². The number of hydrogen-bond donors (Lipinski definition) is 0. The van der Waals surface area contributed by atoms with Gasteiger partial charge in [-0.15, -0.1) is 0 Å². The summed E-state index contributed by atoms with van der Waals surface area (Å²) in [6.07, 6.45) is 3.52. The Hall–Kier alpha value is -0.550. The number of nitrogens with zero attached hydrogens (tertiary/aromatic N) is 2. The van der Waals surface area contributed by atoms with E-state index in [4.69, 9.17) is 5.26 Å². The molecule has 1 aliphatic carbocycles. The van der Waals surface area contributed by atoms with E-state index < -0.39 is 0 Å². The predicted molar refractivity (Wildman–Crippen MR) is 49.6 cm³/mol. The molecule has 0 heterocycles. The lowest BCUT2D eigenvalue weighted by atomic mass is 10.0. The lowest BCUT2D eigenvalue weighted by Crippen LogP contribution is -2.38. The zero-order valence-corrected chi connectivity index (χ0v) is 8.25. The number of hydrogen-bond acceptors (Lipinski definition) is 2. The first-order valence-corrected chi connectivity index (χ1v) is 4.78. The Bertz CT molecular complexity index is 181. The molecule has 0 spiro atoms. The molecule has 0 aromatic carbocycles. The zero-order chi connectivity index (χ0) is 9.14. The molecule has 0 amide bonds. The molecule has 1 rings (SSSR count). The summed E-state index contributed by atoms with van der Waals surface area (Å²) in [6.45, 7) is 4.37. The van der Waals surface area contributed by atoms with E-state index in [0.29, 0.717) is 12.1 Å². The van der Waals surface area contributed by atoms with Gasteiger partial charge in [0.15, 0.2) is 0 Å². The molecule has 1 fully saturated rings. The fraction of sp³-hybridized carbons (Fsp3) is 0.900. The Labute approximate surface area is 75.2 Å². The summed E-state index contributed by atoms with van der Waals surface area (Å²) in [4.78, 5) is 2.33. The van der Waals surface area contributed by atoms with Crippen molar-refractivity contribution in [3.05, 3.63) is 0 Å². The Morgan fingerprint density at radius 1 is 1.42 bits per heavy atom. The second-order valence-electron chi connectivity index (χ2n) is 3.99. The molecule has 0 radical (unpaired) electrons. The quantitative estimate of drug-likeness (QED) is 0.627. The van der Waals surface area contributed by atoms with Crippen molar-refractivity contribution in [2.75, 3.05) is 7.05 Å². The van der Waals surface area contributed by atoms with E-state index in [1.54, 1.807) is 0 Å². The van der Waals surface area contributed by atoms with Gasteiger partial charge in [0, 0.05) is 12.1 Å². The van der Waals surface area contributed by atoms with Gasteiger partial charge < -0.3 is 0 Å². The minimum atomic E-state index is 0.275. The molecule has 2 atom stereocenters. The Morgan fingerprint density at radius 2 is 2.08 bits per heavy atom. The average Bonchev–Trinajstić information content (AvgIpc) is 2.49. The first-order valence-electron chi connectivity index (χ1n) is 4.78. The monoisotopic (exact) mass is 166 g/mol. The molecule has 2 unspecified atom stereocenters. The van der Waals surface area contributed by atoms with E-state index in [-0.39, 0.29) is 5.92 Å². The van der Waals surface area contributed by atoms with Crippen LogP contribution in [0.5, 0.6) is 0 Å². The van der Waals surface area contributed by atoms with Crippen LogP contribution in [0.3, 0.4) is 0 Å². The highest BCUT2D eigenvalue weighted by Gasteiger charge is 2.30. The van der Waals surface area contributed by atoms with Crippen molar-refractivity contribution < 1.29 is 0 Å². The summed E-state index contributed by atoms with van der Waals surface area (Å²) >= 11 is 0. The van der Waals surface area contributed by atoms with E-state index >= 15 is 0 Å². The molecule has 12 heavy (non-hydrogen) atoms. The molecule has 2 nitrogen and oxygen atoms in total. The molecule has 0 N–H and O–H groups in total. The van der Waals surface area contributed by atoms with Crippen LogP contribution in [0.25, 0.3) is 0 Å². The van der Waals surface area contributed by atoms with Gasteiger partial charge in [-0.1, -0.05) is 6.42 Å². The van der Waals surface area contributed by atoms with Crippen LogP contribution in [-0.2, 0) is 0 Å². The third-order valence-electron chi connectivity index (χ3n) is 2.98. The van der Waals surface area contributed by atoms with E-state index in [9.17, 15) is 0 Å². The van der Waals surface area contributed by atoms with Gasteiger partial charge in [-0.25, -0.2) is 0 Å². The third kappa shape index (κ3) is 1.78. The molecule has 68 valence electrons. The molecular weight excluding hydrogens is 148 g/mol. The summed E-state index contributed by atoms with van der Waals surface area (Å²) in [5.41, 5.74) is 0. The van der Waals surface area contributed by atoms with Gasteiger partial charge in [0.1, 0.15) is 0 Å². The molecule has 0 aromatic rings. The van der Waals surface area contributed by atoms with Crippen LogP contribution in [0, 0.1) is 17.2 Å². The third-order valence-corrected chi connectivity index (χ3v) is 2.98. The minimum Gasteiger partial charge on any atom is -0.300 e. The topological polar surface area (TPSA) is 27.0 Å². The van der Waals surface area contributed by atoms with Crippen LogP contribution < -0.4 is 0 Å². The fourth-order valence-electron chi connectivity index (χ4n) is 1.96. The van der Waals surface area contributed by atoms with Gasteiger partial charge in [-0.05, 0) is 33.7 Å². The molecule has 0 bridgehead atoms. The Balaban J connectivity index is 2.56. The van der Waals surface area contributed by atoms with Crippen molar-refractivity contribution >= 4 is 0 Å². The van der Waals surface area contributed by atoms with E-state index in [0.717, 1.165) is 6.42 Å². The van der Waals surface area contributed by atoms with Crippen LogP contribution in [0.2, 0.25) is 0 Å². The van der Waals surface area contributed by atoms with Gasteiger partial charge in [0.05, 0.1) is 12.0 Å². The maximum absolute atomic E-state index is 8.89. The largest absolute Gasteiger partial charge is 0.300 e. The lowest BCUT2D eigenvalue weighted by molar-refractivity contribution is 0.177. The lowest BCUT2D eigenvalue weighted by Gasteiger charge is -2.29. The molecule has 1 saturated carbocycles. The minimum absolute atomic E-state index is 0.275. The second-order valence-corrected chi connectivity index (χ2v) is 3.99. The zero-order valence-electron chi connectivity index (χ0n) is 8.25. The van der Waals surface area contributed by atoms with Gasteiger partial charge >= 0.3 is 0 Å². The van der Waals surface area contributed by atoms with Crippen LogP contribution in [0.1, 0.15) is 33.1 Å². The maximum Gasteiger partial charge on any atom is 0.0672 e. The summed E-state index contributed by atoms with van der Waals surface area (Å²) in [7, 11) is 2.13. The first-order chi connectivity index (χ1) is 5.66. The molecule has 1 aliphatic rings. The molecule has 2 heteroatoms. The average molecular weight is 166 g/mol. The van der Waals surface area contributed by atoms with Crippen molar-refractivity contribution in [2.24, 2.45) is 5.92 Å². The SMILES string of the molecule is CC(C)N(C)C1CCCC1C#N.